The Kier molecular flexibility index (Phi) is 8.20. The first-order chi connectivity index (χ1) is 17.4. The van der Waals surface area contributed by atoms with Crippen LogP contribution in [-0.2, 0) is 4.79 Å². The van der Waals surface area contributed by atoms with Crippen LogP contribution in [0, 0.1) is 0 Å². The molecular weight excluding hydrogens is 540 g/mol. The number of thioether (sulfide) groups is 1. The van der Waals surface area contributed by atoms with Gasteiger partial charge in [0.2, 0.25) is 5.91 Å². The zero-order valence-electron chi connectivity index (χ0n) is 18.9. The molecule has 0 aliphatic rings. The summed E-state index contributed by atoms with van der Waals surface area (Å²) < 4.78 is 0.916. The zero-order chi connectivity index (χ0) is 25.5. The lowest BCUT2D eigenvalue weighted by atomic mass is 10.1. The molecule has 0 fully saturated rings. The van der Waals surface area contributed by atoms with E-state index in [2.05, 4.69) is 26.6 Å². The lowest BCUT2D eigenvalue weighted by Gasteiger charge is -2.18. The van der Waals surface area contributed by atoms with Crippen LogP contribution >= 0.6 is 27.7 Å². The Balaban J connectivity index is 1.55. The Morgan fingerprint density at radius 1 is 0.722 bits per heavy atom. The third-order valence-corrected chi connectivity index (χ3v) is 6.98. The Labute approximate surface area is 220 Å². The van der Waals surface area contributed by atoms with Crippen LogP contribution in [0.2, 0.25) is 0 Å². The van der Waals surface area contributed by atoms with Gasteiger partial charge in [0.1, 0.15) is 5.25 Å². The number of hydrogen-bond donors (Lipinski definition) is 3. The summed E-state index contributed by atoms with van der Waals surface area (Å²) in [6, 6.07) is 29.9. The molecule has 36 heavy (non-hydrogen) atoms. The second-order valence-corrected chi connectivity index (χ2v) is 9.83. The normalized spacial score (nSPS) is 11.4. The van der Waals surface area contributed by atoms with Gasteiger partial charge < -0.3 is 15.7 Å². The van der Waals surface area contributed by atoms with Gasteiger partial charge in [0.05, 0.1) is 11.1 Å². The van der Waals surface area contributed by atoms with Gasteiger partial charge in [0.25, 0.3) is 5.91 Å². The molecule has 3 N–H and O–H groups in total. The summed E-state index contributed by atoms with van der Waals surface area (Å²) in [6.45, 7) is 0. The van der Waals surface area contributed by atoms with E-state index in [1.54, 1.807) is 30.3 Å². The molecule has 1 atom stereocenters. The molecule has 4 aromatic carbocycles. The summed E-state index contributed by atoms with van der Waals surface area (Å²) in [5.74, 6) is -1.88. The number of aromatic carboxylic acids is 1. The molecule has 4 aromatic rings. The van der Waals surface area contributed by atoms with Crippen LogP contribution < -0.4 is 10.6 Å². The molecule has 4 rings (SSSR count). The van der Waals surface area contributed by atoms with Gasteiger partial charge in [-0.2, -0.15) is 0 Å². The Bertz CT molecular complexity index is 1390. The Morgan fingerprint density at radius 2 is 1.39 bits per heavy atom. The number of carbonyl (C=O) groups is 3. The fraction of sp³-hybridized carbons (Fsp3) is 0.0357. The number of benzene rings is 4. The third kappa shape index (κ3) is 6.41. The Hall–Kier alpha value is -3.88. The van der Waals surface area contributed by atoms with Crippen molar-refractivity contribution in [3.63, 3.8) is 0 Å². The summed E-state index contributed by atoms with van der Waals surface area (Å²) in [4.78, 5) is 38.3. The van der Waals surface area contributed by atoms with E-state index < -0.39 is 17.1 Å². The van der Waals surface area contributed by atoms with E-state index in [1.807, 2.05) is 60.7 Å². The maximum atomic E-state index is 13.3. The number of carboxylic acid groups (broad SMARTS) is 1. The summed E-state index contributed by atoms with van der Waals surface area (Å²) in [7, 11) is 0. The molecule has 0 aromatic heterocycles. The first-order valence-corrected chi connectivity index (χ1v) is 12.6. The van der Waals surface area contributed by atoms with Crippen LogP contribution in [0.1, 0.15) is 31.5 Å². The van der Waals surface area contributed by atoms with Gasteiger partial charge in [-0.3, -0.25) is 9.59 Å². The van der Waals surface area contributed by atoms with Crippen molar-refractivity contribution in [1.82, 2.24) is 0 Å². The second kappa shape index (κ2) is 11.7. The van der Waals surface area contributed by atoms with E-state index >= 15 is 0 Å². The van der Waals surface area contributed by atoms with Crippen molar-refractivity contribution in [3.05, 3.63) is 124 Å². The van der Waals surface area contributed by atoms with E-state index in [0.29, 0.717) is 11.4 Å². The van der Waals surface area contributed by atoms with Crippen LogP contribution in [0.5, 0.6) is 0 Å². The molecule has 0 spiro atoms. The van der Waals surface area contributed by atoms with Gasteiger partial charge in [0, 0.05) is 20.7 Å². The fourth-order valence-electron chi connectivity index (χ4n) is 3.49. The van der Waals surface area contributed by atoms with Crippen molar-refractivity contribution < 1.29 is 19.5 Å². The van der Waals surface area contributed by atoms with E-state index in [4.69, 9.17) is 0 Å². The van der Waals surface area contributed by atoms with Crippen LogP contribution in [0.15, 0.2) is 112 Å². The minimum absolute atomic E-state index is 0.0686. The number of carboxylic acids is 1. The van der Waals surface area contributed by atoms with Crippen LogP contribution in [0.4, 0.5) is 11.4 Å². The van der Waals surface area contributed by atoms with Crippen LogP contribution in [0.25, 0.3) is 0 Å². The monoisotopic (exact) mass is 560 g/mol. The average molecular weight is 561 g/mol. The minimum Gasteiger partial charge on any atom is -0.478 e. The quantitative estimate of drug-likeness (QED) is 0.204. The molecule has 180 valence electrons. The summed E-state index contributed by atoms with van der Waals surface area (Å²) in [5.41, 5.74) is 2.00. The van der Waals surface area contributed by atoms with Crippen molar-refractivity contribution in [2.24, 2.45) is 0 Å². The van der Waals surface area contributed by atoms with Crippen LogP contribution in [-0.4, -0.2) is 22.9 Å². The zero-order valence-corrected chi connectivity index (χ0v) is 21.3. The topological polar surface area (TPSA) is 95.5 Å². The van der Waals surface area contributed by atoms with Crippen molar-refractivity contribution in [2.75, 3.05) is 10.6 Å². The number of amides is 2. The molecule has 0 saturated carbocycles. The van der Waals surface area contributed by atoms with Crippen LogP contribution in [0.3, 0.4) is 0 Å². The first kappa shape index (κ1) is 25.2. The highest BCUT2D eigenvalue weighted by atomic mass is 79.9. The van der Waals surface area contributed by atoms with E-state index in [9.17, 15) is 19.5 Å². The molecule has 2 amide bonds. The number of hydrogen-bond acceptors (Lipinski definition) is 4. The van der Waals surface area contributed by atoms with Gasteiger partial charge in [-0.05, 0) is 60.2 Å². The van der Waals surface area contributed by atoms with E-state index in [1.165, 1.54) is 23.9 Å². The van der Waals surface area contributed by atoms with Gasteiger partial charge in [-0.1, -0.05) is 64.5 Å². The molecule has 0 radical (unpaired) electrons. The molecule has 1 unspecified atom stereocenters. The highest BCUT2D eigenvalue weighted by Gasteiger charge is 2.23. The molecule has 0 heterocycles. The van der Waals surface area contributed by atoms with Gasteiger partial charge in [0.15, 0.2) is 0 Å². The predicted molar refractivity (Wildman–Crippen MR) is 146 cm³/mol. The predicted octanol–water partition coefficient (Wildman–Crippen LogP) is 6.87. The molecular formula is C28H21BrN2O4S. The first-order valence-electron chi connectivity index (χ1n) is 10.9. The van der Waals surface area contributed by atoms with Gasteiger partial charge in [-0.25, -0.2) is 4.79 Å². The maximum Gasteiger partial charge on any atom is 0.336 e. The molecule has 6 nitrogen and oxygen atoms in total. The number of anilines is 2. The van der Waals surface area contributed by atoms with Crippen molar-refractivity contribution in [3.8, 4) is 0 Å². The van der Waals surface area contributed by atoms with Crippen molar-refractivity contribution >= 4 is 56.9 Å². The van der Waals surface area contributed by atoms with E-state index in [0.717, 1.165) is 14.9 Å². The third-order valence-electron chi connectivity index (χ3n) is 5.20. The Morgan fingerprint density at radius 3 is 2.08 bits per heavy atom. The van der Waals surface area contributed by atoms with E-state index in [-0.39, 0.29) is 17.0 Å². The SMILES string of the molecule is O=C(O)c1ccccc1C(=O)Nc1cccc(SC(C(=O)Nc2ccc(Br)cc2)c2ccccc2)c1. The molecule has 0 aliphatic heterocycles. The average Bonchev–Trinajstić information content (AvgIpc) is 2.89. The van der Waals surface area contributed by atoms with Crippen molar-refractivity contribution in [1.29, 1.82) is 0 Å². The smallest absolute Gasteiger partial charge is 0.336 e. The number of halogens is 1. The van der Waals surface area contributed by atoms with Gasteiger partial charge in [-0.15, -0.1) is 11.8 Å². The fourth-order valence-corrected chi connectivity index (χ4v) is 4.84. The lowest BCUT2D eigenvalue weighted by Crippen LogP contribution is -2.19. The molecule has 0 aliphatic carbocycles. The maximum absolute atomic E-state index is 13.3. The lowest BCUT2D eigenvalue weighted by molar-refractivity contribution is -0.115. The molecule has 0 bridgehead atoms. The molecule has 8 heteroatoms. The highest BCUT2D eigenvalue weighted by molar-refractivity contribution is 9.10. The van der Waals surface area contributed by atoms with Crippen molar-refractivity contribution in [2.45, 2.75) is 10.1 Å². The minimum atomic E-state index is -1.17. The number of rotatable bonds is 8. The number of nitrogens with one attached hydrogen (secondary N) is 2. The standard InChI is InChI=1S/C28H21BrN2O4S/c29-19-13-15-20(16-14-19)30-27(33)25(18-7-2-1-3-8-18)36-22-10-6-9-21(17-22)31-26(32)23-11-4-5-12-24(23)28(34)35/h1-17,25H,(H,30,33)(H,31,32)(H,34,35). The summed E-state index contributed by atoms with van der Waals surface area (Å²) in [5, 5.41) is 14.6. The molecule has 0 saturated heterocycles. The summed E-state index contributed by atoms with van der Waals surface area (Å²) >= 11 is 4.75. The summed E-state index contributed by atoms with van der Waals surface area (Å²) in [6.07, 6.45) is 0. The van der Waals surface area contributed by atoms with Gasteiger partial charge >= 0.3 is 5.97 Å². The second-order valence-electron chi connectivity index (χ2n) is 7.74. The highest BCUT2D eigenvalue weighted by Crippen LogP contribution is 2.37. The number of carbonyl (C=O) groups excluding carboxylic acids is 2. The largest absolute Gasteiger partial charge is 0.478 e.